The van der Waals surface area contributed by atoms with E-state index >= 15 is 0 Å². The zero-order valence-electron chi connectivity index (χ0n) is 11.2. The van der Waals surface area contributed by atoms with Crippen LogP contribution >= 0.6 is 0 Å². The average Bonchev–Trinajstić information content (AvgIpc) is 2.96. The van der Waals surface area contributed by atoms with Crippen LogP contribution in [-0.2, 0) is 13.0 Å². The molecule has 0 aliphatic rings. The number of ether oxygens (including phenoxy) is 1. The molecule has 0 radical (unpaired) electrons. The number of aryl methyl sites for hydroxylation is 2. The lowest BCUT2D eigenvalue weighted by Gasteiger charge is -2.06. The van der Waals surface area contributed by atoms with E-state index in [1.54, 1.807) is 30.2 Å². The van der Waals surface area contributed by atoms with Crippen molar-refractivity contribution in [3.63, 3.8) is 0 Å². The number of furan rings is 1. The molecule has 4 nitrogen and oxygen atoms in total. The minimum absolute atomic E-state index is 0.00948. The summed E-state index contributed by atoms with van der Waals surface area (Å²) in [4.78, 5) is 12.2. The van der Waals surface area contributed by atoms with Crippen molar-refractivity contribution in [3.8, 4) is 5.75 Å². The summed E-state index contributed by atoms with van der Waals surface area (Å²) < 4.78 is 12.0. The molecule has 4 heteroatoms. The maximum absolute atomic E-state index is 12.2. The summed E-state index contributed by atoms with van der Waals surface area (Å²) in [6, 6.07) is 11.4. The van der Waals surface area contributed by atoms with Gasteiger partial charge in [-0.15, -0.1) is 0 Å². The Balaban J connectivity index is 1.79. The Morgan fingerprint density at radius 2 is 1.95 bits per heavy atom. The number of benzene rings is 1. The van der Waals surface area contributed by atoms with Gasteiger partial charge in [-0.1, -0.05) is 12.1 Å². The fourth-order valence-corrected chi connectivity index (χ4v) is 2.22. The molecule has 102 valence electrons. The van der Waals surface area contributed by atoms with Crippen molar-refractivity contribution in [1.29, 1.82) is 0 Å². The van der Waals surface area contributed by atoms with Gasteiger partial charge in [-0.3, -0.25) is 4.79 Å². The molecule has 0 aliphatic carbocycles. The van der Waals surface area contributed by atoms with Gasteiger partial charge in [-0.05, 0) is 36.2 Å². The maximum Gasteiger partial charge on any atom is 0.261 e. The highest BCUT2D eigenvalue weighted by molar-refractivity contribution is 5.75. The van der Waals surface area contributed by atoms with Gasteiger partial charge in [0.25, 0.3) is 5.56 Å². The van der Waals surface area contributed by atoms with Crippen molar-refractivity contribution in [2.24, 2.45) is 0 Å². The molecule has 3 rings (SSSR count). The summed E-state index contributed by atoms with van der Waals surface area (Å²) in [6.45, 7) is 0.645. The van der Waals surface area contributed by atoms with Gasteiger partial charge >= 0.3 is 0 Å². The molecule has 0 unspecified atom stereocenters. The van der Waals surface area contributed by atoms with Gasteiger partial charge in [0.1, 0.15) is 11.3 Å². The Hall–Kier alpha value is -2.49. The highest BCUT2D eigenvalue weighted by Gasteiger charge is 2.05. The molecule has 20 heavy (non-hydrogen) atoms. The van der Waals surface area contributed by atoms with E-state index in [4.69, 9.17) is 9.15 Å². The molecule has 2 heterocycles. The second kappa shape index (κ2) is 5.25. The third-order valence-electron chi connectivity index (χ3n) is 3.39. The van der Waals surface area contributed by atoms with Crippen LogP contribution in [0.3, 0.4) is 0 Å². The van der Waals surface area contributed by atoms with Crippen LogP contribution in [0.5, 0.6) is 5.75 Å². The fraction of sp³-hybridized carbons (Fsp3) is 0.188. The molecular weight excluding hydrogens is 254 g/mol. The van der Waals surface area contributed by atoms with Crippen LogP contribution in [0.25, 0.3) is 11.0 Å². The molecule has 1 aromatic carbocycles. The first kappa shape index (κ1) is 12.5. The molecule has 3 aromatic rings. The van der Waals surface area contributed by atoms with Crippen molar-refractivity contribution in [2.75, 3.05) is 7.11 Å². The van der Waals surface area contributed by atoms with Crippen LogP contribution in [0, 0.1) is 0 Å². The van der Waals surface area contributed by atoms with E-state index in [1.807, 2.05) is 30.3 Å². The number of fused-ring (bicyclic) bond motifs is 1. The fourth-order valence-electron chi connectivity index (χ4n) is 2.22. The summed E-state index contributed by atoms with van der Waals surface area (Å²) in [7, 11) is 1.65. The normalized spacial score (nSPS) is 10.8. The second-order valence-electron chi connectivity index (χ2n) is 4.61. The summed E-state index contributed by atoms with van der Waals surface area (Å²) in [5, 5.41) is 0.627. The molecule has 0 atom stereocenters. The van der Waals surface area contributed by atoms with Crippen molar-refractivity contribution in [2.45, 2.75) is 13.0 Å². The maximum atomic E-state index is 12.2. The van der Waals surface area contributed by atoms with Gasteiger partial charge in [0, 0.05) is 12.7 Å². The lowest BCUT2D eigenvalue weighted by Crippen LogP contribution is -2.19. The predicted octanol–water partition coefficient (Wildman–Crippen LogP) is 2.85. The topological polar surface area (TPSA) is 44.4 Å². The Morgan fingerprint density at radius 3 is 2.70 bits per heavy atom. The SMILES string of the molecule is COc1ccc(CCn2ccc3occc3c2=O)cc1. The summed E-state index contributed by atoms with van der Waals surface area (Å²) in [6.07, 6.45) is 4.12. The molecule has 0 saturated heterocycles. The van der Waals surface area contributed by atoms with Crippen LogP contribution in [0.4, 0.5) is 0 Å². The van der Waals surface area contributed by atoms with Gasteiger partial charge in [-0.25, -0.2) is 0 Å². The molecule has 0 saturated carbocycles. The van der Waals surface area contributed by atoms with Crippen molar-refractivity contribution >= 4 is 11.0 Å². The van der Waals surface area contributed by atoms with Crippen molar-refractivity contribution < 1.29 is 9.15 Å². The Labute approximate surface area is 116 Å². The van der Waals surface area contributed by atoms with E-state index in [0.29, 0.717) is 17.5 Å². The zero-order chi connectivity index (χ0) is 13.9. The number of pyridine rings is 1. The van der Waals surface area contributed by atoms with Gasteiger partial charge < -0.3 is 13.7 Å². The third-order valence-corrected chi connectivity index (χ3v) is 3.39. The summed E-state index contributed by atoms with van der Waals surface area (Å²) in [5.74, 6) is 0.839. The lowest BCUT2D eigenvalue weighted by atomic mass is 10.1. The number of aromatic nitrogens is 1. The molecule has 0 fully saturated rings. The first-order valence-electron chi connectivity index (χ1n) is 6.47. The smallest absolute Gasteiger partial charge is 0.261 e. The van der Waals surface area contributed by atoms with E-state index in [-0.39, 0.29) is 5.56 Å². The van der Waals surface area contributed by atoms with Gasteiger partial charge in [0.2, 0.25) is 0 Å². The number of hydrogen-bond acceptors (Lipinski definition) is 3. The van der Waals surface area contributed by atoms with E-state index in [2.05, 4.69) is 0 Å². The molecular formula is C16H15NO3. The van der Waals surface area contributed by atoms with E-state index in [1.165, 1.54) is 5.56 Å². The first-order chi connectivity index (χ1) is 9.78. The van der Waals surface area contributed by atoms with E-state index in [0.717, 1.165) is 12.2 Å². The molecule has 0 amide bonds. The lowest BCUT2D eigenvalue weighted by molar-refractivity contribution is 0.414. The average molecular weight is 269 g/mol. The van der Waals surface area contributed by atoms with E-state index in [9.17, 15) is 4.79 Å². The van der Waals surface area contributed by atoms with Crippen LogP contribution < -0.4 is 10.3 Å². The highest BCUT2D eigenvalue weighted by atomic mass is 16.5. The van der Waals surface area contributed by atoms with Gasteiger partial charge in [0.15, 0.2) is 0 Å². The van der Waals surface area contributed by atoms with Crippen molar-refractivity contribution in [3.05, 3.63) is 64.8 Å². The third kappa shape index (κ3) is 2.32. The number of rotatable bonds is 4. The monoisotopic (exact) mass is 269 g/mol. The van der Waals surface area contributed by atoms with Crippen LogP contribution in [-0.4, -0.2) is 11.7 Å². The van der Waals surface area contributed by atoms with Crippen LogP contribution in [0.2, 0.25) is 0 Å². The minimum Gasteiger partial charge on any atom is -0.497 e. The van der Waals surface area contributed by atoms with E-state index < -0.39 is 0 Å². The number of methoxy groups -OCH3 is 1. The first-order valence-corrected chi connectivity index (χ1v) is 6.47. The Morgan fingerprint density at radius 1 is 1.15 bits per heavy atom. The number of nitrogens with zero attached hydrogens (tertiary/aromatic N) is 1. The molecule has 2 aromatic heterocycles. The molecule has 0 N–H and O–H groups in total. The molecule has 0 bridgehead atoms. The Kier molecular flexibility index (Phi) is 3.29. The second-order valence-corrected chi connectivity index (χ2v) is 4.61. The molecule has 0 aliphatic heterocycles. The van der Waals surface area contributed by atoms with Gasteiger partial charge in [0.05, 0.1) is 18.8 Å². The van der Waals surface area contributed by atoms with Crippen LogP contribution in [0.1, 0.15) is 5.56 Å². The van der Waals surface area contributed by atoms with Crippen molar-refractivity contribution in [1.82, 2.24) is 4.57 Å². The zero-order valence-corrected chi connectivity index (χ0v) is 11.2. The summed E-state index contributed by atoms with van der Waals surface area (Å²) >= 11 is 0. The van der Waals surface area contributed by atoms with Crippen LogP contribution in [0.15, 0.2) is 58.1 Å². The number of hydrogen-bond donors (Lipinski definition) is 0. The van der Waals surface area contributed by atoms with Gasteiger partial charge in [-0.2, -0.15) is 0 Å². The Bertz CT molecular complexity index is 768. The molecule has 0 spiro atoms. The highest BCUT2D eigenvalue weighted by Crippen LogP contribution is 2.13. The largest absolute Gasteiger partial charge is 0.497 e. The predicted molar refractivity (Wildman–Crippen MR) is 77.2 cm³/mol. The standard InChI is InChI=1S/C16H15NO3/c1-19-13-4-2-12(3-5-13)6-9-17-10-7-15-14(16(17)18)8-11-20-15/h2-5,7-8,10-11H,6,9H2,1H3. The quantitative estimate of drug-likeness (QED) is 0.731. The summed E-state index contributed by atoms with van der Waals surface area (Å²) in [5.41, 5.74) is 1.80. The minimum atomic E-state index is -0.00948.